The fraction of sp³-hybridized carbons (Fsp3) is 0.688. The second-order valence-corrected chi connectivity index (χ2v) is 6.93. The summed E-state index contributed by atoms with van der Waals surface area (Å²) in [5.74, 6) is 0.284. The summed E-state index contributed by atoms with van der Waals surface area (Å²) >= 11 is 0. The number of hydrogen-bond acceptors (Lipinski definition) is 4. The van der Waals surface area contributed by atoms with Crippen molar-refractivity contribution in [3.8, 4) is 0 Å². The number of likely N-dealkylation sites (tertiary alicyclic amines) is 1. The molecule has 23 heavy (non-hydrogen) atoms. The number of aromatic nitrogens is 2. The van der Waals surface area contributed by atoms with Gasteiger partial charge in [-0.25, -0.2) is 0 Å². The van der Waals surface area contributed by atoms with Crippen LogP contribution < -0.4 is 4.90 Å². The van der Waals surface area contributed by atoms with Gasteiger partial charge in [0.15, 0.2) is 0 Å². The summed E-state index contributed by atoms with van der Waals surface area (Å²) in [5.41, 5.74) is 0.452. The van der Waals surface area contributed by atoms with Gasteiger partial charge in [-0.3, -0.25) is 14.3 Å². The van der Waals surface area contributed by atoms with Crippen LogP contribution in [0.15, 0.2) is 12.4 Å². The first-order valence-corrected chi connectivity index (χ1v) is 8.26. The molecule has 7 heteroatoms. The molecule has 3 saturated heterocycles. The van der Waals surface area contributed by atoms with Crippen molar-refractivity contribution in [1.82, 2.24) is 14.7 Å². The van der Waals surface area contributed by atoms with E-state index in [2.05, 4.69) is 5.10 Å². The maximum absolute atomic E-state index is 13.0. The first-order chi connectivity index (χ1) is 11.1. The number of amides is 2. The summed E-state index contributed by atoms with van der Waals surface area (Å²) in [6.07, 6.45) is 5.97. The van der Waals surface area contributed by atoms with Crippen LogP contribution in [-0.4, -0.2) is 59.3 Å². The van der Waals surface area contributed by atoms with Gasteiger partial charge < -0.3 is 14.5 Å². The van der Waals surface area contributed by atoms with Crippen LogP contribution in [0.3, 0.4) is 0 Å². The lowest BCUT2D eigenvalue weighted by Gasteiger charge is -2.24. The molecule has 4 heterocycles. The van der Waals surface area contributed by atoms with Gasteiger partial charge in [-0.15, -0.1) is 0 Å². The molecule has 3 aliphatic rings. The monoisotopic (exact) mass is 318 g/mol. The Morgan fingerprint density at radius 3 is 2.91 bits per heavy atom. The minimum atomic E-state index is -0.398. The van der Waals surface area contributed by atoms with Gasteiger partial charge in [-0.1, -0.05) is 0 Å². The largest absolute Gasteiger partial charge is 0.381 e. The Morgan fingerprint density at radius 1 is 1.39 bits per heavy atom. The maximum Gasteiger partial charge on any atom is 0.235 e. The Balaban J connectivity index is 1.47. The topological polar surface area (TPSA) is 67.7 Å². The van der Waals surface area contributed by atoms with Gasteiger partial charge in [0, 0.05) is 39.5 Å². The third kappa shape index (κ3) is 2.34. The molecule has 0 N–H and O–H groups in total. The minimum Gasteiger partial charge on any atom is -0.381 e. The standard InChI is InChI=1S/C16H22N4O3/c1-18-9-13(8-17-18)20-6-4-16(15(20)22)3-5-19(11-16)14(21)12-2-7-23-10-12/h8-9,12H,2-7,10-11H2,1H3. The predicted molar refractivity (Wildman–Crippen MR) is 82.7 cm³/mol. The Bertz CT molecular complexity index is 637. The van der Waals surface area contributed by atoms with E-state index in [-0.39, 0.29) is 17.7 Å². The Kier molecular flexibility index (Phi) is 3.41. The molecule has 1 aromatic heterocycles. The van der Waals surface area contributed by atoms with E-state index in [1.807, 2.05) is 23.0 Å². The fourth-order valence-corrected chi connectivity index (χ4v) is 4.04. The van der Waals surface area contributed by atoms with Crippen molar-refractivity contribution in [3.63, 3.8) is 0 Å². The fourth-order valence-electron chi connectivity index (χ4n) is 4.04. The average molecular weight is 318 g/mol. The number of carbonyl (C=O) groups excluding carboxylic acids is 2. The molecular weight excluding hydrogens is 296 g/mol. The summed E-state index contributed by atoms with van der Waals surface area (Å²) in [7, 11) is 1.85. The molecule has 2 amide bonds. The number of carbonyl (C=O) groups is 2. The van der Waals surface area contributed by atoms with Crippen LogP contribution >= 0.6 is 0 Å². The first kappa shape index (κ1) is 14.7. The van der Waals surface area contributed by atoms with Crippen LogP contribution in [0.5, 0.6) is 0 Å². The van der Waals surface area contributed by atoms with E-state index < -0.39 is 5.41 Å². The van der Waals surface area contributed by atoms with E-state index in [9.17, 15) is 9.59 Å². The first-order valence-electron chi connectivity index (χ1n) is 8.26. The van der Waals surface area contributed by atoms with E-state index in [4.69, 9.17) is 4.74 Å². The lowest BCUT2D eigenvalue weighted by Crippen LogP contribution is -2.40. The quantitative estimate of drug-likeness (QED) is 0.792. The molecule has 0 bridgehead atoms. The predicted octanol–water partition coefficient (Wildman–Crippen LogP) is 0.412. The number of rotatable bonds is 2. The van der Waals surface area contributed by atoms with Gasteiger partial charge in [-0.05, 0) is 19.3 Å². The molecule has 0 saturated carbocycles. The molecule has 124 valence electrons. The smallest absolute Gasteiger partial charge is 0.235 e. The lowest BCUT2D eigenvalue weighted by atomic mass is 9.85. The van der Waals surface area contributed by atoms with Gasteiger partial charge in [0.2, 0.25) is 11.8 Å². The third-order valence-corrected chi connectivity index (χ3v) is 5.46. The molecule has 2 unspecified atom stereocenters. The molecule has 3 aliphatic heterocycles. The zero-order valence-corrected chi connectivity index (χ0v) is 13.4. The van der Waals surface area contributed by atoms with Crippen molar-refractivity contribution < 1.29 is 14.3 Å². The van der Waals surface area contributed by atoms with Crippen LogP contribution in [0.1, 0.15) is 19.3 Å². The Labute approximate surface area is 135 Å². The highest BCUT2D eigenvalue weighted by molar-refractivity contribution is 6.00. The minimum absolute atomic E-state index is 0.0175. The van der Waals surface area contributed by atoms with Crippen LogP contribution in [0.25, 0.3) is 0 Å². The molecule has 0 radical (unpaired) electrons. The van der Waals surface area contributed by atoms with E-state index >= 15 is 0 Å². The van der Waals surface area contributed by atoms with Crippen LogP contribution in [0, 0.1) is 11.3 Å². The number of ether oxygens (including phenoxy) is 1. The SMILES string of the molecule is Cn1cc(N2CCC3(CCN(C(=O)C4CCOC4)C3)C2=O)cn1. The number of anilines is 1. The van der Waals surface area contributed by atoms with Crippen LogP contribution in [-0.2, 0) is 21.4 Å². The highest BCUT2D eigenvalue weighted by Gasteiger charge is 2.52. The number of aryl methyl sites for hydroxylation is 1. The summed E-state index contributed by atoms with van der Waals surface area (Å²) in [5, 5.41) is 4.15. The van der Waals surface area contributed by atoms with Gasteiger partial charge in [0.1, 0.15) is 0 Å². The second-order valence-electron chi connectivity index (χ2n) is 6.93. The highest BCUT2D eigenvalue weighted by Crippen LogP contribution is 2.42. The number of hydrogen-bond donors (Lipinski definition) is 0. The van der Waals surface area contributed by atoms with E-state index in [0.29, 0.717) is 32.8 Å². The van der Waals surface area contributed by atoms with Crippen molar-refractivity contribution in [3.05, 3.63) is 12.4 Å². The second kappa shape index (κ2) is 5.33. The number of nitrogens with zero attached hydrogens (tertiary/aromatic N) is 4. The van der Waals surface area contributed by atoms with E-state index in [1.165, 1.54) is 0 Å². The molecule has 0 aromatic carbocycles. The lowest BCUT2D eigenvalue weighted by molar-refractivity contribution is -0.135. The van der Waals surface area contributed by atoms with Crippen molar-refractivity contribution in [2.45, 2.75) is 19.3 Å². The van der Waals surface area contributed by atoms with Gasteiger partial charge in [0.25, 0.3) is 0 Å². The molecule has 3 fully saturated rings. The third-order valence-electron chi connectivity index (χ3n) is 5.46. The maximum atomic E-state index is 13.0. The zero-order chi connectivity index (χ0) is 16.0. The van der Waals surface area contributed by atoms with Crippen molar-refractivity contribution in [2.24, 2.45) is 18.4 Å². The molecule has 0 aliphatic carbocycles. The van der Waals surface area contributed by atoms with E-state index in [0.717, 1.165) is 24.9 Å². The van der Waals surface area contributed by atoms with Gasteiger partial charge >= 0.3 is 0 Å². The van der Waals surface area contributed by atoms with E-state index in [1.54, 1.807) is 10.9 Å². The summed E-state index contributed by atoms with van der Waals surface area (Å²) in [6.45, 7) is 3.14. The molecule has 7 nitrogen and oxygen atoms in total. The van der Waals surface area contributed by atoms with Crippen molar-refractivity contribution in [2.75, 3.05) is 37.7 Å². The van der Waals surface area contributed by atoms with Gasteiger partial charge in [-0.2, -0.15) is 5.10 Å². The highest BCUT2D eigenvalue weighted by atomic mass is 16.5. The molecular formula is C16H22N4O3. The summed E-state index contributed by atoms with van der Waals surface area (Å²) in [6, 6.07) is 0. The Hall–Kier alpha value is -1.89. The normalized spacial score (nSPS) is 30.8. The zero-order valence-electron chi connectivity index (χ0n) is 13.4. The summed E-state index contributed by atoms with van der Waals surface area (Å²) in [4.78, 5) is 29.2. The van der Waals surface area contributed by atoms with Crippen LogP contribution in [0.4, 0.5) is 5.69 Å². The molecule has 4 rings (SSSR count). The van der Waals surface area contributed by atoms with Crippen LogP contribution in [0.2, 0.25) is 0 Å². The van der Waals surface area contributed by atoms with Crippen molar-refractivity contribution >= 4 is 17.5 Å². The molecule has 2 atom stereocenters. The average Bonchev–Trinajstić information content (AvgIpc) is 3.30. The molecule has 1 aromatic rings. The Morgan fingerprint density at radius 2 is 2.22 bits per heavy atom. The summed E-state index contributed by atoms with van der Waals surface area (Å²) < 4.78 is 7.03. The van der Waals surface area contributed by atoms with Gasteiger partial charge in [0.05, 0.1) is 29.8 Å². The van der Waals surface area contributed by atoms with Crippen molar-refractivity contribution in [1.29, 1.82) is 0 Å². The molecule has 1 spiro atoms.